The highest BCUT2D eigenvalue weighted by molar-refractivity contribution is 7.22. The van der Waals surface area contributed by atoms with Gasteiger partial charge in [0.05, 0.1) is 18.2 Å². The van der Waals surface area contributed by atoms with Crippen molar-refractivity contribution < 1.29 is 9.53 Å². The van der Waals surface area contributed by atoms with Gasteiger partial charge in [0.2, 0.25) is 5.91 Å². The van der Waals surface area contributed by atoms with Gasteiger partial charge in [0.15, 0.2) is 5.13 Å². The molecular formula is C22H27N3O2S. The zero-order valence-electron chi connectivity index (χ0n) is 17.2. The minimum absolute atomic E-state index is 0.0585. The Hall–Kier alpha value is -2.44. The smallest absolute Gasteiger partial charge is 0.233 e. The summed E-state index contributed by atoms with van der Waals surface area (Å²) < 4.78 is 6.54. The summed E-state index contributed by atoms with van der Waals surface area (Å²) in [6.45, 7) is 5.47. The van der Waals surface area contributed by atoms with Crippen molar-refractivity contribution in [1.82, 2.24) is 9.88 Å². The fraction of sp³-hybridized carbons (Fsp3) is 0.364. The summed E-state index contributed by atoms with van der Waals surface area (Å²) in [7, 11) is 5.67. The molecule has 0 unspecified atom stereocenters. The lowest BCUT2D eigenvalue weighted by molar-refractivity contribution is -0.118. The third-order valence-corrected chi connectivity index (χ3v) is 5.87. The number of benzene rings is 2. The van der Waals surface area contributed by atoms with E-state index in [0.29, 0.717) is 13.0 Å². The number of hydrogen-bond donors (Lipinski definition) is 0. The molecular weight excluding hydrogens is 370 g/mol. The van der Waals surface area contributed by atoms with Gasteiger partial charge in [-0.15, -0.1) is 0 Å². The van der Waals surface area contributed by atoms with E-state index in [1.807, 2.05) is 56.3 Å². The Morgan fingerprint density at radius 1 is 1.14 bits per heavy atom. The van der Waals surface area contributed by atoms with E-state index in [4.69, 9.17) is 9.72 Å². The van der Waals surface area contributed by atoms with Crippen LogP contribution in [0.15, 0.2) is 36.4 Å². The molecule has 5 nitrogen and oxygen atoms in total. The lowest BCUT2D eigenvalue weighted by Crippen LogP contribution is -2.37. The molecule has 0 atom stereocenters. The maximum Gasteiger partial charge on any atom is 0.233 e. The predicted octanol–water partition coefficient (Wildman–Crippen LogP) is 4.06. The number of rotatable bonds is 7. The third-order valence-electron chi connectivity index (χ3n) is 4.65. The van der Waals surface area contributed by atoms with Crippen LogP contribution in [0, 0.1) is 13.8 Å². The van der Waals surface area contributed by atoms with E-state index in [1.165, 1.54) is 0 Å². The number of likely N-dealkylation sites (N-methyl/N-ethyl adjacent to an activating group) is 1. The molecule has 0 N–H and O–H groups in total. The fourth-order valence-corrected chi connectivity index (χ4v) is 4.19. The topological polar surface area (TPSA) is 45.7 Å². The van der Waals surface area contributed by atoms with Gasteiger partial charge in [-0.1, -0.05) is 47.2 Å². The number of ether oxygens (including phenoxy) is 1. The first-order valence-corrected chi connectivity index (χ1v) is 10.2. The highest BCUT2D eigenvalue weighted by Crippen LogP contribution is 2.36. The number of carbonyl (C=O) groups is 1. The third kappa shape index (κ3) is 4.51. The molecule has 28 heavy (non-hydrogen) atoms. The number of fused-ring (bicyclic) bond motifs is 1. The van der Waals surface area contributed by atoms with Gasteiger partial charge in [-0.2, -0.15) is 0 Å². The standard InChI is InChI=1S/C22H27N3O2S/c1-15-7-6-8-17(13-15)14-19(26)25(12-11-24(3)4)22-23-20-18(27-5)10-9-16(2)21(20)28-22/h6-10,13H,11-12,14H2,1-5H3. The fourth-order valence-electron chi connectivity index (χ4n) is 3.10. The van der Waals surface area contributed by atoms with Gasteiger partial charge >= 0.3 is 0 Å². The van der Waals surface area contributed by atoms with Crippen LogP contribution < -0.4 is 9.64 Å². The summed E-state index contributed by atoms with van der Waals surface area (Å²) >= 11 is 1.55. The Morgan fingerprint density at radius 3 is 2.61 bits per heavy atom. The summed E-state index contributed by atoms with van der Waals surface area (Å²) in [5.74, 6) is 0.796. The summed E-state index contributed by atoms with van der Waals surface area (Å²) in [6, 6.07) is 12.1. The molecule has 2 aromatic carbocycles. The first-order valence-electron chi connectivity index (χ1n) is 9.34. The van der Waals surface area contributed by atoms with Crippen LogP contribution in [0.4, 0.5) is 5.13 Å². The van der Waals surface area contributed by atoms with Crippen molar-refractivity contribution in [2.45, 2.75) is 20.3 Å². The molecule has 1 heterocycles. The molecule has 6 heteroatoms. The maximum absolute atomic E-state index is 13.2. The lowest BCUT2D eigenvalue weighted by atomic mass is 10.1. The van der Waals surface area contributed by atoms with Crippen molar-refractivity contribution in [3.05, 3.63) is 53.1 Å². The average molecular weight is 398 g/mol. The number of methoxy groups -OCH3 is 1. The molecule has 0 radical (unpaired) electrons. The molecule has 0 aliphatic carbocycles. The molecule has 0 saturated carbocycles. The van der Waals surface area contributed by atoms with Gasteiger partial charge in [0.25, 0.3) is 0 Å². The van der Waals surface area contributed by atoms with Gasteiger partial charge in [-0.05, 0) is 45.1 Å². The number of hydrogen-bond acceptors (Lipinski definition) is 5. The minimum Gasteiger partial charge on any atom is -0.494 e. The molecule has 0 aliphatic rings. The van der Waals surface area contributed by atoms with E-state index in [9.17, 15) is 4.79 Å². The van der Waals surface area contributed by atoms with E-state index in [1.54, 1.807) is 18.4 Å². The molecule has 0 bridgehead atoms. The van der Waals surface area contributed by atoms with E-state index < -0.39 is 0 Å². The quantitative estimate of drug-likeness (QED) is 0.603. The predicted molar refractivity (Wildman–Crippen MR) is 117 cm³/mol. The molecule has 3 aromatic rings. The molecule has 3 rings (SSSR count). The Labute approximate surface area is 170 Å². The first kappa shape index (κ1) is 20.3. The largest absolute Gasteiger partial charge is 0.494 e. The Bertz CT molecular complexity index is 981. The SMILES string of the molecule is COc1ccc(C)c2sc(N(CCN(C)C)C(=O)Cc3cccc(C)c3)nc12. The second-order valence-corrected chi connectivity index (χ2v) is 8.25. The van der Waals surface area contributed by atoms with Gasteiger partial charge in [0.1, 0.15) is 11.3 Å². The van der Waals surface area contributed by atoms with Crippen molar-refractivity contribution in [3.8, 4) is 5.75 Å². The lowest BCUT2D eigenvalue weighted by Gasteiger charge is -2.22. The van der Waals surface area contributed by atoms with Crippen LogP contribution in [-0.4, -0.2) is 50.1 Å². The average Bonchev–Trinajstić information content (AvgIpc) is 3.08. The first-order chi connectivity index (χ1) is 13.4. The van der Waals surface area contributed by atoms with Crippen LogP contribution in [0.25, 0.3) is 10.2 Å². The summed E-state index contributed by atoms with van der Waals surface area (Å²) in [5, 5.41) is 0.724. The normalized spacial score (nSPS) is 11.2. The Balaban J connectivity index is 1.96. The highest BCUT2D eigenvalue weighted by atomic mass is 32.1. The summed E-state index contributed by atoms with van der Waals surface area (Å²) in [5.41, 5.74) is 4.14. The van der Waals surface area contributed by atoms with Crippen LogP contribution in [0.5, 0.6) is 5.75 Å². The van der Waals surface area contributed by atoms with E-state index in [2.05, 4.69) is 17.9 Å². The van der Waals surface area contributed by atoms with E-state index in [0.717, 1.165) is 44.3 Å². The number of carbonyl (C=O) groups excluding carboxylic acids is 1. The molecule has 0 spiro atoms. The Kier molecular flexibility index (Phi) is 6.31. The molecule has 148 valence electrons. The van der Waals surface area contributed by atoms with Crippen LogP contribution in [0.2, 0.25) is 0 Å². The Morgan fingerprint density at radius 2 is 1.93 bits per heavy atom. The van der Waals surface area contributed by atoms with Crippen LogP contribution >= 0.6 is 11.3 Å². The second kappa shape index (κ2) is 8.71. The molecule has 0 aliphatic heterocycles. The number of anilines is 1. The zero-order valence-corrected chi connectivity index (χ0v) is 18.0. The van der Waals surface area contributed by atoms with Crippen LogP contribution in [0.3, 0.4) is 0 Å². The van der Waals surface area contributed by atoms with Crippen molar-refractivity contribution in [2.75, 3.05) is 39.2 Å². The zero-order chi connectivity index (χ0) is 20.3. The van der Waals surface area contributed by atoms with Gasteiger partial charge in [0, 0.05) is 13.1 Å². The van der Waals surface area contributed by atoms with Gasteiger partial charge in [-0.3, -0.25) is 9.69 Å². The van der Waals surface area contributed by atoms with Crippen molar-refractivity contribution in [1.29, 1.82) is 0 Å². The second-order valence-electron chi connectivity index (χ2n) is 7.27. The number of amides is 1. The molecule has 0 fully saturated rings. The van der Waals surface area contributed by atoms with E-state index in [-0.39, 0.29) is 5.91 Å². The minimum atomic E-state index is 0.0585. The van der Waals surface area contributed by atoms with E-state index >= 15 is 0 Å². The van der Waals surface area contributed by atoms with Crippen molar-refractivity contribution in [2.24, 2.45) is 0 Å². The summed E-state index contributed by atoms with van der Waals surface area (Å²) in [6.07, 6.45) is 0.362. The number of aromatic nitrogens is 1. The van der Waals surface area contributed by atoms with Gasteiger partial charge < -0.3 is 9.64 Å². The van der Waals surface area contributed by atoms with Crippen molar-refractivity contribution >= 4 is 32.6 Å². The highest BCUT2D eigenvalue weighted by Gasteiger charge is 2.22. The maximum atomic E-state index is 13.2. The monoisotopic (exact) mass is 397 g/mol. The van der Waals surface area contributed by atoms with Crippen LogP contribution in [-0.2, 0) is 11.2 Å². The number of nitrogens with zero attached hydrogens (tertiary/aromatic N) is 3. The molecule has 1 amide bonds. The van der Waals surface area contributed by atoms with Crippen LogP contribution in [0.1, 0.15) is 16.7 Å². The number of aryl methyl sites for hydroxylation is 2. The molecule has 0 saturated heterocycles. The number of thiazole rings is 1. The summed E-state index contributed by atoms with van der Waals surface area (Å²) in [4.78, 5) is 21.9. The van der Waals surface area contributed by atoms with Gasteiger partial charge in [-0.25, -0.2) is 4.98 Å². The molecule has 1 aromatic heterocycles. The van der Waals surface area contributed by atoms with Crippen molar-refractivity contribution in [3.63, 3.8) is 0 Å².